The number of nitrogens with zero attached hydrogens (tertiary/aromatic N) is 3. The van der Waals surface area contributed by atoms with E-state index in [0.29, 0.717) is 18.8 Å². The molecule has 0 fully saturated rings. The maximum absolute atomic E-state index is 11.2. The smallest absolute Gasteiger partial charge is 0.316 e. The van der Waals surface area contributed by atoms with E-state index in [1.807, 2.05) is 0 Å². The largest absolute Gasteiger partial charge is 0.363 e. The third-order valence-corrected chi connectivity index (χ3v) is 2.31. The Kier molecular flexibility index (Phi) is 5.04. The second kappa shape index (κ2) is 6.53. The van der Waals surface area contributed by atoms with Gasteiger partial charge in [-0.3, -0.25) is 10.1 Å². The van der Waals surface area contributed by atoms with Gasteiger partial charge in [0.05, 0.1) is 4.92 Å². The lowest BCUT2D eigenvalue weighted by Gasteiger charge is -2.12. The minimum absolute atomic E-state index is 0.0791. The number of anilines is 1. The van der Waals surface area contributed by atoms with Crippen molar-refractivity contribution in [1.82, 2.24) is 15.2 Å². The standard InChI is InChI=1S/C11H17N5O3/c1-8-4-5-9(16(18)19)10(14-8)12-6-7-13-11(17)15(2)3/h4-5H,6-7H2,1-3H3,(H,12,14)(H,13,17). The summed E-state index contributed by atoms with van der Waals surface area (Å²) in [6, 6.07) is 2.77. The number of carbonyl (C=O) groups excluding carboxylic acids is 1. The first-order valence-electron chi connectivity index (χ1n) is 5.73. The molecule has 2 amide bonds. The van der Waals surface area contributed by atoms with Gasteiger partial charge in [-0.25, -0.2) is 9.78 Å². The molecular formula is C11H17N5O3. The Bertz CT molecular complexity index is 475. The van der Waals surface area contributed by atoms with Crippen molar-refractivity contribution < 1.29 is 9.72 Å². The molecular weight excluding hydrogens is 250 g/mol. The molecule has 0 atom stereocenters. The zero-order valence-electron chi connectivity index (χ0n) is 11.1. The fraction of sp³-hybridized carbons (Fsp3) is 0.455. The molecule has 104 valence electrons. The number of nitro groups is 1. The monoisotopic (exact) mass is 267 g/mol. The summed E-state index contributed by atoms with van der Waals surface area (Å²) >= 11 is 0. The van der Waals surface area contributed by atoms with E-state index >= 15 is 0 Å². The molecule has 0 aliphatic heterocycles. The summed E-state index contributed by atoms with van der Waals surface area (Å²) in [5, 5.41) is 16.3. The third-order valence-electron chi connectivity index (χ3n) is 2.31. The molecule has 0 radical (unpaired) electrons. The van der Waals surface area contributed by atoms with E-state index in [2.05, 4.69) is 15.6 Å². The van der Waals surface area contributed by atoms with Crippen molar-refractivity contribution in [1.29, 1.82) is 0 Å². The van der Waals surface area contributed by atoms with Crippen molar-refractivity contribution in [2.45, 2.75) is 6.92 Å². The Hall–Kier alpha value is -2.38. The number of aromatic nitrogens is 1. The average molecular weight is 267 g/mol. The SMILES string of the molecule is Cc1ccc([N+](=O)[O-])c(NCCNC(=O)N(C)C)n1. The van der Waals surface area contributed by atoms with Crippen LogP contribution in [0, 0.1) is 17.0 Å². The number of aryl methyl sites for hydroxylation is 1. The molecule has 0 aliphatic carbocycles. The topological polar surface area (TPSA) is 100 Å². The number of carbonyl (C=O) groups is 1. The summed E-state index contributed by atoms with van der Waals surface area (Å²) in [5.41, 5.74) is 0.606. The molecule has 1 aromatic rings. The van der Waals surface area contributed by atoms with E-state index in [1.54, 1.807) is 27.1 Å². The highest BCUT2D eigenvalue weighted by Gasteiger charge is 2.14. The molecule has 1 aromatic heterocycles. The maximum atomic E-state index is 11.2. The van der Waals surface area contributed by atoms with Crippen LogP contribution in [-0.2, 0) is 0 Å². The highest BCUT2D eigenvalue weighted by Crippen LogP contribution is 2.21. The first kappa shape index (κ1) is 14.7. The second-order valence-corrected chi connectivity index (χ2v) is 4.13. The fourth-order valence-electron chi connectivity index (χ4n) is 1.34. The van der Waals surface area contributed by atoms with Gasteiger partial charge in [-0.15, -0.1) is 0 Å². The predicted octanol–water partition coefficient (Wildman–Crippen LogP) is 0.981. The van der Waals surface area contributed by atoms with Crippen LogP contribution in [0.1, 0.15) is 5.69 Å². The molecule has 1 heterocycles. The number of pyridine rings is 1. The van der Waals surface area contributed by atoms with Gasteiger partial charge in [-0.1, -0.05) is 0 Å². The number of hydrogen-bond donors (Lipinski definition) is 2. The molecule has 0 spiro atoms. The second-order valence-electron chi connectivity index (χ2n) is 4.13. The van der Waals surface area contributed by atoms with Crippen LogP contribution >= 0.6 is 0 Å². The van der Waals surface area contributed by atoms with E-state index < -0.39 is 4.92 Å². The normalized spacial score (nSPS) is 9.84. The summed E-state index contributed by atoms with van der Waals surface area (Å²) in [4.78, 5) is 27.0. The highest BCUT2D eigenvalue weighted by atomic mass is 16.6. The molecule has 1 rings (SSSR count). The lowest BCUT2D eigenvalue weighted by molar-refractivity contribution is -0.384. The minimum atomic E-state index is -0.493. The predicted molar refractivity (Wildman–Crippen MR) is 71.2 cm³/mol. The minimum Gasteiger partial charge on any atom is -0.363 e. The van der Waals surface area contributed by atoms with Crippen LogP contribution in [0.3, 0.4) is 0 Å². The lowest BCUT2D eigenvalue weighted by atomic mass is 10.3. The lowest BCUT2D eigenvalue weighted by Crippen LogP contribution is -2.37. The molecule has 0 aromatic carbocycles. The van der Waals surface area contributed by atoms with Gasteiger partial charge in [0, 0.05) is 38.9 Å². The summed E-state index contributed by atoms with van der Waals surface area (Å²) in [6.07, 6.45) is 0. The Morgan fingerprint density at radius 1 is 1.42 bits per heavy atom. The van der Waals surface area contributed by atoms with Gasteiger partial charge in [-0.05, 0) is 13.0 Å². The maximum Gasteiger partial charge on any atom is 0.316 e. The van der Waals surface area contributed by atoms with Gasteiger partial charge < -0.3 is 15.5 Å². The quantitative estimate of drug-likeness (QED) is 0.470. The Balaban J connectivity index is 2.55. The fourth-order valence-corrected chi connectivity index (χ4v) is 1.34. The van der Waals surface area contributed by atoms with E-state index in [0.717, 1.165) is 0 Å². The van der Waals surface area contributed by atoms with Gasteiger partial charge in [0.15, 0.2) is 0 Å². The van der Waals surface area contributed by atoms with Crippen molar-refractivity contribution >= 4 is 17.5 Å². The summed E-state index contributed by atoms with van der Waals surface area (Å²) in [6.45, 7) is 2.46. The number of rotatable bonds is 5. The van der Waals surface area contributed by atoms with Gasteiger partial charge in [0.2, 0.25) is 5.82 Å². The molecule has 0 bridgehead atoms. The van der Waals surface area contributed by atoms with Crippen molar-refractivity contribution in [3.8, 4) is 0 Å². The van der Waals surface area contributed by atoms with E-state index in [1.165, 1.54) is 11.0 Å². The van der Waals surface area contributed by atoms with Crippen molar-refractivity contribution in [2.24, 2.45) is 0 Å². The molecule has 0 aliphatic rings. The van der Waals surface area contributed by atoms with Crippen LogP contribution in [0.4, 0.5) is 16.3 Å². The number of amides is 2. The zero-order valence-corrected chi connectivity index (χ0v) is 11.1. The molecule has 0 saturated heterocycles. The molecule has 8 nitrogen and oxygen atoms in total. The van der Waals surface area contributed by atoms with Crippen molar-refractivity contribution in [3.63, 3.8) is 0 Å². The first-order valence-corrected chi connectivity index (χ1v) is 5.73. The van der Waals surface area contributed by atoms with Crippen molar-refractivity contribution in [2.75, 3.05) is 32.5 Å². The number of nitrogens with one attached hydrogen (secondary N) is 2. The summed E-state index contributed by atoms with van der Waals surface area (Å²) < 4.78 is 0. The molecule has 8 heteroatoms. The van der Waals surface area contributed by atoms with Crippen LogP contribution in [0.5, 0.6) is 0 Å². The third kappa shape index (κ3) is 4.41. The van der Waals surface area contributed by atoms with Gasteiger partial charge in [0.1, 0.15) is 0 Å². The Morgan fingerprint density at radius 2 is 2.11 bits per heavy atom. The first-order chi connectivity index (χ1) is 8.91. The van der Waals surface area contributed by atoms with Crippen LogP contribution < -0.4 is 10.6 Å². The van der Waals surface area contributed by atoms with Crippen LogP contribution in [-0.4, -0.2) is 48.0 Å². The Labute approximate surface area is 111 Å². The zero-order chi connectivity index (χ0) is 14.4. The summed E-state index contributed by atoms with van der Waals surface area (Å²) in [7, 11) is 3.27. The van der Waals surface area contributed by atoms with E-state index in [4.69, 9.17) is 0 Å². The van der Waals surface area contributed by atoms with Gasteiger partial charge in [0.25, 0.3) is 0 Å². The van der Waals surface area contributed by atoms with E-state index in [9.17, 15) is 14.9 Å². The summed E-state index contributed by atoms with van der Waals surface area (Å²) in [5.74, 6) is 0.212. The molecule has 0 saturated carbocycles. The van der Waals surface area contributed by atoms with Crippen LogP contribution in [0.15, 0.2) is 12.1 Å². The van der Waals surface area contributed by atoms with Gasteiger partial charge >= 0.3 is 11.7 Å². The number of urea groups is 1. The van der Waals surface area contributed by atoms with Gasteiger partial charge in [-0.2, -0.15) is 0 Å². The van der Waals surface area contributed by atoms with Crippen LogP contribution in [0.25, 0.3) is 0 Å². The number of hydrogen-bond acceptors (Lipinski definition) is 5. The molecule has 2 N–H and O–H groups in total. The average Bonchev–Trinajstić information content (AvgIpc) is 2.33. The van der Waals surface area contributed by atoms with E-state index in [-0.39, 0.29) is 17.5 Å². The Morgan fingerprint density at radius 3 is 2.68 bits per heavy atom. The van der Waals surface area contributed by atoms with Crippen LogP contribution in [0.2, 0.25) is 0 Å². The molecule has 0 unspecified atom stereocenters. The molecule has 19 heavy (non-hydrogen) atoms. The highest BCUT2D eigenvalue weighted by molar-refractivity contribution is 5.73. The van der Waals surface area contributed by atoms with Crippen molar-refractivity contribution in [3.05, 3.63) is 27.9 Å².